The van der Waals surface area contributed by atoms with Crippen LogP contribution in [-0.2, 0) is 0 Å². The fourth-order valence-electron chi connectivity index (χ4n) is 2.79. The first-order valence-corrected chi connectivity index (χ1v) is 9.65. The molecule has 0 atom stereocenters. The van der Waals surface area contributed by atoms with Gasteiger partial charge in [-0.05, 0) is 50.2 Å². The molecule has 0 saturated carbocycles. The summed E-state index contributed by atoms with van der Waals surface area (Å²) in [4.78, 5) is 24.6. The molecule has 1 aromatic heterocycles. The van der Waals surface area contributed by atoms with Crippen LogP contribution in [0.4, 0.5) is 5.69 Å². The van der Waals surface area contributed by atoms with E-state index in [9.17, 15) is 9.59 Å². The highest BCUT2D eigenvalue weighted by Crippen LogP contribution is 2.41. The Hall–Kier alpha value is -3.26. The molecule has 0 saturated heterocycles. The molecule has 0 aliphatic heterocycles. The molecule has 3 rings (SSSR count). The van der Waals surface area contributed by atoms with E-state index in [2.05, 4.69) is 5.32 Å². The van der Waals surface area contributed by atoms with E-state index in [1.165, 1.54) is 36.6 Å². The Morgan fingerprint density at radius 3 is 2.45 bits per heavy atom. The summed E-state index contributed by atoms with van der Waals surface area (Å²) in [7, 11) is 2.99. The zero-order valence-corrected chi connectivity index (χ0v) is 17.3. The fourth-order valence-corrected chi connectivity index (χ4v) is 3.80. The number of carboxylic acid groups (broad SMARTS) is 1. The average Bonchev–Trinajstić information content (AvgIpc) is 3.05. The van der Waals surface area contributed by atoms with Crippen molar-refractivity contribution in [1.29, 1.82) is 0 Å². The van der Waals surface area contributed by atoms with Crippen LogP contribution in [0.2, 0.25) is 0 Å². The second-order valence-electron chi connectivity index (χ2n) is 6.46. The number of benzene rings is 2. The van der Waals surface area contributed by atoms with Crippen LogP contribution < -0.4 is 19.5 Å². The van der Waals surface area contributed by atoms with Gasteiger partial charge in [0.15, 0.2) is 5.75 Å². The van der Waals surface area contributed by atoms with E-state index >= 15 is 0 Å². The number of ether oxygens (including phenoxy) is 3. The molecule has 0 unspecified atom stereocenters. The van der Waals surface area contributed by atoms with E-state index < -0.39 is 5.97 Å². The number of carbonyl (C=O) groups is 2. The molecule has 2 N–H and O–H groups in total. The third kappa shape index (κ3) is 4.27. The molecule has 8 heteroatoms. The van der Waals surface area contributed by atoms with Gasteiger partial charge in [-0.15, -0.1) is 11.3 Å². The molecule has 0 aliphatic carbocycles. The highest BCUT2D eigenvalue weighted by Gasteiger charge is 2.22. The second kappa shape index (κ2) is 8.40. The van der Waals surface area contributed by atoms with Gasteiger partial charge >= 0.3 is 5.97 Å². The van der Waals surface area contributed by atoms with Gasteiger partial charge in [0, 0.05) is 10.1 Å². The van der Waals surface area contributed by atoms with Crippen molar-refractivity contribution in [3.8, 4) is 17.2 Å². The number of aromatic carboxylic acids is 1. The summed E-state index contributed by atoms with van der Waals surface area (Å²) in [5.74, 6) is -0.0406. The predicted molar refractivity (Wildman–Crippen MR) is 112 cm³/mol. The summed E-state index contributed by atoms with van der Waals surface area (Å²) in [6, 6.07) is 9.81. The van der Waals surface area contributed by atoms with Gasteiger partial charge in [0.05, 0.1) is 31.6 Å². The Morgan fingerprint density at radius 2 is 1.83 bits per heavy atom. The van der Waals surface area contributed by atoms with Crippen LogP contribution in [0.1, 0.15) is 33.9 Å². The van der Waals surface area contributed by atoms with E-state index in [-0.39, 0.29) is 23.3 Å². The highest BCUT2D eigenvalue weighted by atomic mass is 32.1. The van der Waals surface area contributed by atoms with Gasteiger partial charge in [0.1, 0.15) is 16.4 Å². The van der Waals surface area contributed by atoms with Gasteiger partial charge in [-0.25, -0.2) is 4.79 Å². The zero-order chi connectivity index (χ0) is 21.1. The smallest absolute Gasteiger partial charge is 0.335 e. The minimum Gasteiger partial charge on any atom is -0.497 e. The first kappa shape index (κ1) is 20.5. The van der Waals surface area contributed by atoms with Gasteiger partial charge in [-0.2, -0.15) is 0 Å². The topological polar surface area (TPSA) is 94.1 Å². The van der Waals surface area contributed by atoms with Crippen molar-refractivity contribution >= 4 is 39.0 Å². The molecule has 152 valence electrons. The number of carboxylic acids is 1. The molecule has 2 aromatic carbocycles. The monoisotopic (exact) mass is 415 g/mol. The Kier molecular flexibility index (Phi) is 5.93. The Labute approximate surface area is 171 Å². The molecule has 1 heterocycles. The molecule has 1 amide bonds. The summed E-state index contributed by atoms with van der Waals surface area (Å²) in [6.07, 6.45) is -0.130. The molecule has 0 radical (unpaired) electrons. The first-order valence-electron chi connectivity index (χ1n) is 8.84. The van der Waals surface area contributed by atoms with Crippen LogP contribution in [0.15, 0.2) is 36.4 Å². The summed E-state index contributed by atoms with van der Waals surface area (Å²) in [5.41, 5.74) is 0.436. The van der Waals surface area contributed by atoms with Crippen LogP contribution in [0, 0.1) is 0 Å². The van der Waals surface area contributed by atoms with E-state index in [1.807, 2.05) is 32.0 Å². The Morgan fingerprint density at radius 1 is 1.07 bits per heavy atom. The van der Waals surface area contributed by atoms with E-state index in [0.29, 0.717) is 22.1 Å². The van der Waals surface area contributed by atoms with Gasteiger partial charge < -0.3 is 24.6 Å². The van der Waals surface area contributed by atoms with Crippen molar-refractivity contribution in [2.75, 3.05) is 19.5 Å². The normalized spacial score (nSPS) is 10.8. The average molecular weight is 415 g/mol. The summed E-state index contributed by atoms with van der Waals surface area (Å²) >= 11 is 1.31. The lowest BCUT2D eigenvalue weighted by atomic mass is 10.2. The van der Waals surface area contributed by atoms with Crippen molar-refractivity contribution in [2.24, 2.45) is 0 Å². The predicted octanol–water partition coefficient (Wildman–Crippen LogP) is 4.66. The lowest BCUT2D eigenvalue weighted by Crippen LogP contribution is -2.14. The summed E-state index contributed by atoms with van der Waals surface area (Å²) in [5, 5.41) is 12.7. The van der Waals surface area contributed by atoms with Crippen LogP contribution in [0.3, 0.4) is 0 Å². The van der Waals surface area contributed by atoms with Gasteiger partial charge in [0.25, 0.3) is 5.91 Å². The number of rotatable bonds is 7. The second-order valence-corrected chi connectivity index (χ2v) is 7.52. The number of amides is 1. The molecule has 0 fully saturated rings. The standard InChI is InChI=1S/C21H21NO6S/c1-11(2)28-18-14-10-13(26-3)6-8-17(14)29-19(18)20(23)22-15-7-5-12(21(24)25)9-16(15)27-4/h5-11H,1-4H3,(H,22,23)(H,24,25). The van der Waals surface area contributed by atoms with Gasteiger partial charge in [0.2, 0.25) is 0 Å². The summed E-state index contributed by atoms with van der Waals surface area (Å²) < 4.78 is 17.4. The van der Waals surface area contributed by atoms with Crippen LogP contribution >= 0.6 is 11.3 Å². The zero-order valence-electron chi connectivity index (χ0n) is 16.4. The van der Waals surface area contributed by atoms with Gasteiger partial charge in [-0.1, -0.05) is 0 Å². The third-order valence-corrected chi connectivity index (χ3v) is 5.26. The molecule has 3 aromatic rings. The molecule has 29 heavy (non-hydrogen) atoms. The number of hydrogen-bond acceptors (Lipinski definition) is 6. The van der Waals surface area contributed by atoms with Crippen molar-refractivity contribution in [2.45, 2.75) is 20.0 Å². The van der Waals surface area contributed by atoms with E-state index in [1.54, 1.807) is 7.11 Å². The number of carbonyl (C=O) groups excluding carboxylic acids is 1. The molecular weight excluding hydrogens is 394 g/mol. The number of nitrogens with one attached hydrogen (secondary N) is 1. The van der Waals surface area contributed by atoms with Crippen molar-refractivity contribution in [3.05, 3.63) is 46.8 Å². The number of thiophene rings is 1. The number of methoxy groups -OCH3 is 2. The largest absolute Gasteiger partial charge is 0.497 e. The number of fused-ring (bicyclic) bond motifs is 1. The highest BCUT2D eigenvalue weighted by molar-refractivity contribution is 7.21. The lowest BCUT2D eigenvalue weighted by molar-refractivity contribution is 0.0696. The summed E-state index contributed by atoms with van der Waals surface area (Å²) in [6.45, 7) is 3.78. The lowest BCUT2D eigenvalue weighted by Gasteiger charge is -2.13. The molecule has 0 aliphatic rings. The number of hydrogen-bond donors (Lipinski definition) is 2. The Balaban J connectivity index is 2.01. The van der Waals surface area contributed by atoms with E-state index in [4.69, 9.17) is 19.3 Å². The molecule has 7 nitrogen and oxygen atoms in total. The number of anilines is 1. The molecular formula is C21H21NO6S. The Bertz CT molecular complexity index is 1070. The van der Waals surface area contributed by atoms with Crippen molar-refractivity contribution < 1.29 is 28.9 Å². The third-order valence-electron chi connectivity index (χ3n) is 4.11. The maximum atomic E-state index is 13.0. The maximum Gasteiger partial charge on any atom is 0.335 e. The van der Waals surface area contributed by atoms with Gasteiger partial charge in [-0.3, -0.25) is 4.79 Å². The quantitative estimate of drug-likeness (QED) is 0.583. The van der Waals surface area contributed by atoms with Crippen LogP contribution in [0.25, 0.3) is 10.1 Å². The molecule has 0 spiro atoms. The van der Waals surface area contributed by atoms with Crippen molar-refractivity contribution in [1.82, 2.24) is 0 Å². The first-order chi connectivity index (χ1) is 13.8. The van der Waals surface area contributed by atoms with Crippen LogP contribution in [-0.4, -0.2) is 37.3 Å². The van der Waals surface area contributed by atoms with E-state index in [0.717, 1.165) is 10.1 Å². The fraction of sp³-hybridized carbons (Fsp3) is 0.238. The minimum absolute atomic E-state index is 0.0673. The minimum atomic E-state index is -1.08. The maximum absolute atomic E-state index is 13.0. The molecule has 0 bridgehead atoms. The van der Waals surface area contributed by atoms with Crippen LogP contribution in [0.5, 0.6) is 17.2 Å². The SMILES string of the molecule is COc1ccc2sc(C(=O)Nc3ccc(C(=O)O)cc3OC)c(OC(C)C)c2c1. The van der Waals surface area contributed by atoms with Crippen molar-refractivity contribution in [3.63, 3.8) is 0 Å².